The number of nitrogens with one attached hydrogen (secondary N) is 1. The molecule has 2 aromatic rings. The van der Waals surface area contributed by atoms with E-state index in [1.165, 1.54) is 22.8 Å². The lowest BCUT2D eigenvalue weighted by molar-refractivity contribution is -0.127. The number of primary amides is 1. The molecule has 31 heavy (non-hydrogen) atoms. The normalized spacial score (nSPS) is 18.9. The van der Waals surface area contributed by atoms with Crippen LogP contribution < -0.4 is 11.1 Å². The highest BCUT2D eigenvalue weighted by molar-refractivity contribution is 6.04. The molecule has 0 spiro atoms. The van der Waals surface area contributed by atoms with E-state index in [2.05, 4.69) is 44.8 Å². The quantitative estimate of drug-likeness (QED) is 0.741. The van der Waals surface area contributed by atoms with E-state index in [0.717, 1.165) is 50.3 Å². The Labute approximate surface area is 183 Å². The van der Waals surface area contributed by atoms with Crippen molar-refractivity contribution in [1.82, 2.24) is 14.7 Å². The van der Waals surface area contributed by atoms with E-state index in [0.29, 0.717) is 17.2 Å². The van der Waals surface area contributed by atoms with E-state index in [1.54, 1.807) is 0 Å². The number of nitrogens with zero attached hydrogens (tertiary/aromatic N) is 3. The summed E-state index contributed by atoms with van der Waals surface area (Å²) in [5, 5.41) is 8.31. The summed E-state index contributed by atoms with van der Waals surface area (Å²) in [4.78, 5) is 26.3. The highest BCUT2D eigenvalue weighted by Gasteiger charge is 2.35. The molecule has 1 fully saturated rings. The van der Waals surface area contributed by atoms with Crippen LogP contribution in [-0.2, 0) is 4.79 Å². The lowest BCUT2D eigenvalue weighted by Crippen LogP contribution is -2.41. The minimum Gasteiger partial charge on any atom is -0.370 e. The van der Waals surface area contributed by atoms with Crippen LogP contribution in [0, 0.1) is 26.7 Å². The number of carbonyl (C=O) groups is 2. The van der Waals surface area contributed by atoms with Crippen molar-refractivity contribution < 1.29 is 9.59 Å². The highest BCUT2D eigenvalue weighted by atomic mass is 16.2. The third-order valence-electron chi connectivity index (χ3n) is 6.97. The van der Waals surface area contributed by atoms with Gasteiger partial charge >= 0.3 is 0 Å². The molecule has 2 aliphatic rings. The van der Waals surface area contributed by atoms with Gasteiger partial charge in [0, 0.05) is 25.2 Å². The van der Waals surface area contributed by atoms with Gasteiger partial charge in [-0.25, -0.2) is 4.68 Å². The van der Waals surface area contributed by atoms with Gasteiger partial charge in [0.15, 0.2) is 0 Å². The molecule has 0 saturated carbocycles. The van der Waals surface area contributed by atoms with Crippen molar-refractivity contribution in [3.8, 4) is 11.3 Å². The van der Waals surface area contributed by atoms with Gasteiger partial charge in [-0.2, -0.15) is 5.10 Å². The molecule has 0 radical (unpaired) electrons. The van der Waals surface area contributed by atoms with E-state index >= 15 is 0 Å². The number of hydrogen-bond acceptors (Lipinski definition) is 4. The first-order valence-corrected chi connectivity index (χ1v) is 11.0. The molecule has 1 unspecified atom stereocenters. The summed E-state index contributed by atoms with van der Waals surface area (Å²) in [5.74, 6) is 0.641. The first-order valence-electron chi connectivity index (χ1n) is 11.0. The van der Waals surface area contributed by atoms with Gasteiger partial charge < -0.3 is 16.0 Å². The van der Waals surface area contributed by atoms with Crippen LogP contribution >= 0.6 is 0 Å². The van der Waals surface area contributed by atoms with Gasteiger partial charge in [-0.1, -0.05) is 6.58 Å². The molecule has 1 aromatic heterocycles. The maximum Gasteiger partial charge on any atom is 0.254 e. The Morgan fingerprint density at radius 2 is 1.81 bits per heavy atom. The van der Waals surface area contributed by atoms with Crippen LogP contribution in [0.1, 0.15) is 52.4 Å². The number of aromatic nitrogens is 2. The predicted octanol–water partition coefficient (Wildman–Crippen LogP) is 3.36. The predicted molar refractivity (Wildman–Crippen MR) is 122 cm³/mol. The summed E-state index contributed by atoms with van der Waals surface area (Å²) in [5.41, 5.74) is 11.4. The van der Waals surface area contributed by atoms with Gasteiger partial charge in [-0.15, -0.1) is 0 Å². The molecule has 1 saturated heterocycles. The molecule has 3 N–H and O–H groups in total. The van der Waals surface area contributed by atoms with Crippen LogP contribution in [0.15, 0.2) is 24.8 Å². The van der Waals surface area contributed by atoms with E-state index in [4.69, 9.17) is 10.8 Å². The number of nitrogens with two attached hydrogens (primary N) is 1. The second-order valence-electron chi connectivity index (χ2n) is 8.77. The first kappa shape index (κ1) is 21.2. The fourth-order valence-corrected chi connectivity index (χ4v) is 4.98. The molecule has 1 atom stereocenters. The summed E-state index contributed by atoms with van der Waals surface area (Å²) in [6, 6.07) is 4.34. The standard InChI is InChI=1S/C24H31N5O2/c1-5-20(30)28-10-7-17(8-11-28)19-6-9-26-24-21(23(25)31)22(27-29(19)24)18-12-14(2)16(4)15(3)13-18/h5,12-13,17,19,26H,1,6-11H2,2-4H3,(H2,25,31). The molecule has 2 amide bonds. The Bertz CT molecular complexity index is 1020. The van der Waals surface area contributed by atoms with E-state index < -0.39 is 5.91 Å². The average Bonchev–Trinajstić information content (AvgIpc) is 3.16. The third kappa shape index (κ3) is 3.73. The lowest BCUT2D eigenvalue weighted by Gasteiger charge is -2.38. The zero-order valence-electron chi connectivity index (χ0n) is 18.6. The third-order valence-corrected chi connectivity index (χ3v) is 6.97. The summed E-state index contributed by atoms with van der Waals surface area (Å²) in [6.45, 7) is 12.1. The Morgan fingerprint density at radius 1 is 1.16 bits per heavy atom. The zero-order chi connectivity index (χ0) is 22.3. The number of amides is 2. The molecule has 4 rings (SSSR count). The van der Waals surface area contributed by atoms with Gasteiger partial charge in [0.1, 0.15) is 17.1 Å². The van der Waals surface area contributed by atoms with Crippen LogP contribution in [0.3, 0.4) is 0 Å². The van der Waals surface area contributed by atoms with Gasteiger partial charge in [0.2, 0.25) is 5.91 Å². The number of anilines is 1. The maximum absolute atomic E-state index is 12.5. The molecule has 2 aliphatic heterocycles. The number of carbonyl (C=O) groups excluding carboxylic acids is 2. The molecule has 3 heterocycles. The Morgan fingerprint density at radius 3 is 2.39 bits per heavy atom. The van der Waals surface area contributed by atoms with Gasteiger partial charge in [0.25, 0.3) is 5.91 Å². The van der Waals surface area contributed by atoms with Crippen LogP contribution in [0.2, 0.25) is 0 Å². The van der Waals surface area contributed by atoms with Crippen molar-refractivity contribution in [2.24, 2.45) is 11.7 Å². The van der Waals surface area contributed by atoms with Gasteiger partial charge in [0.05, 0.1) is 6.04 Å². The maximum atomic E-state index is 12.5. The summed E-state index contributed by atoms with van der Waals surface area (Å²) >= 11 is 0. The average molecular weight is 422 g/mol. The lowest BCUT2D eigenvalue weighted by atomic mass is 9.87. The van der Waals surface area contributed by atoms with Crippen molar-refractivity contribution in [2.45, 2.75) is 46.1 Å². The smallest absolute Gasteiger partial charge is 0.254 e. The number of fused-ring (bicyclic) bond motifs is 1. The molecule has 1 aromatic carbocycles. The fraction of sp³-hybridized carbons (Fsp3) is 0.458. The number of likely N-dealkylation sites (tertiary alicyclic amines) is 1. The molecule has 0 bridgehead atoms. The first-order chi connectivity index (χ1) is 14.8. The Balaban J connectivity index is 1.71. The number of benzene rings is 1. The SMILES string of the molecule is C=CC(=O)N1CCC(C2CCNc3c(C(N)=O)c(-c4cc(C)c(C)c(C)c4)nn32)CC1. The van der Waals surface area contributed by atoms with Crippen molar-refractivity contribution in [3.63, 3.8) is 0 Å². The van der Waals surface area contributed by atoms with Crippen LogP contribution in [0.5, 0.6) is 0 Å². The number of piperidine rings is 1. The number of rotatable bonds is 4. The minimum atomic E-state index is -0.466. The highest BCUT2D eigenvalue weighted by Crippen LogP contribution is 2.40. The monoisotopic (exact) mass is 421 g/mol. The minimum absolute atomic E-state index is 0.00745. The van der Waals surface area contributed by atoms with Gasteiger partial charge in [-0.05, 0) is 80.9 Å². The number of aryl methyl sites for hydroxylation is 2. The van der Waals surface area contributed by atoms with Crippen LogP contribution in [0.4, 0.5) is 5.82 Å². The summed E-state index contributed by atoms with van der Waals surface area (Å²) in [6.07, 6.45) is 4.13. The Kier molecular flexibility index (Phi) is 5.60. The zero-order valence-corrected chi connectivity index (χ0v) is 18.6. The second kappa shape index (κ2) is 8.21. The topological polar surface area (TPSA) is 93.2 Å². The van der Waals surface area contributed by atoms with E-state index in [1.807, 2.05) is 9.58 Å². The van der Waals surface area contributed by atoms with Crippen LogP contribution in [0.25, 0.3) is 11.3 Å². The van der Waals surface area contributed by atoms with E-state index in [-0.39, 0.29) is 11.9 Å². The van der Waals surface area contributed by atoms with Crippen molar-refractivity contribution in [3.05, 3.63) is 47.0 Å². The Hall–Kier alpha value is -3.09. The van der Waals surface area contributed by atoms with E-state index in [9.17, 15) is 9.59 Å². The fourth-order valence-electron chi connectivity index (χ4n) is 4.98. The second-order valence-corrected chi connectivity index (χ2v) is 8.77. The van der Waals surface area contributed by atoms with Crippen LogP contribution in [-0.4, -0.2) is 46.1 Å². The van der Waals surface area contributed by atoms with Crippen molar-refractivity contribution in [1.29, 1.82) is 0 Å². The summed E-state index contributed by atoms with van der Waals surface area (Å²) in [7, 11) is 0. The molecule has 0 aliphatic carbocycles. The van der Waals surface area contributed by atoms with Crippen molar-refractivity contribution in [2.75, 3.05) is 25.0 Å². The summed E-state index contributed by atoms with van der Waals surface area (Å²) < 4.78 is 1.99. The molecular weight excluding hydrogens is 390 g/mol. The molecule has 7 heteroatoms. The molecule has 7 nitrogen and oxygen atoms in total. The largest absolute Gasteiger partial charge is 0.370 e. The number of hydrogen-bond donors (Lipinski definition) is 2. The van der Waals surface area contributed by atoms with Gasteiger partial charge in [-0.3, -0.25) is 9.59 Å². The van der Waals surface area contributed by atoms with Crippen molar-refractivity contribution >= 4 is 17.6 Å². The molecule has 164 valence electrons. The molecular formula is C24H31N5O2.